The number of nitrogens with one attached hydrogen (secondary N) is 1. The third-order valence-electron chi connectivity index (χ3n) is 2.19. The molecular weight excluding hydrogens is 282 g/mol. The molecule has 0 spiro atoms. The Bertz CT molecular complexity index is 531. The highest BCUT2D eigenvalue weighted by atomic mass is 79.9. The van der Waals surface area contributed by atoms with Crippen LogP contribution >= 0.6 is 17.0 Å². The Morgan fingerprint density at radius 3 is 2.53 bits per heavy atom. The standard InChI is InChI=1S/C12H11N3O.BrH/c13-12-6-7-15(9-14-12)8-11(16)10-4-2-1-3-5-10;/h1-7,9,13H,8H2;1H. The topological polar surface area (TPSA) is 58.7 Å². The first kappa shape index (κ1) is 13.3. The fourth-order valence-electron chi connectivity index (χ4n) is 1.36. The molecule has 0 radical (unpaired) electrons. The van der Waals surface area contributed by atoms with Crippen LogP contribution in [0.4, 0.5) is 0 Å². The normalized spacial score (nSPS) is 9.41. The molecule has 5 heteroatoms. The Balaban J connectivity index is 0.00000144. The lowest BCUT2D eigenvalue weighted by atomic mass is 10.1. The van der Waals surface area contributed by atoms with Gasteiger partial charge in [-0.25, -0.2) is 4.98 Å². The Kier molecular flexibility index (Phi) is 4.78. The monoisotopic (exact) mass is 293 g/mol. The van der Waals surface area contributed by atoms with E-state index in [9.17, 15) is 4.79 Å². The third kappa shape index (κ3) is 3.64. The summed E-state index contributed by atoms with van der Waals surface area (Å²) in [6.45, 7) is 0.247. The molecule has 0 saturated heterocycles. The zero-order valence-corrected chi connectivity index (χ0v) is 10.7. The molecule has 0 aliphatic rings. The number of ketones is 1. The van der Waals surface area contributed by atoms with Gasteiger partial charge in [0.05, 0.1) is 12.9 Å². The second-order valence-electron chi connectivity index (χ2n) is 3.41. The summed E-state index contributed by atoms with van der Waals surface area (Å²) in [5.41, 5.74) is 0.883. The van der Waals surface area contributed by atoms with E-state index < -0.39 is 0 Å². The number of aromatic nitrogens is 2. The second kappa shape index (κ2) is 6.10. The number of nitrogens with zero attached hydrogens (tertiary/aromatic N) is 2. The molecule has 1 aromatic heterocycles. The maximum absolute atomic E-state index is 11.8. The summed E-state index contributed by atoms with van der Waals surface area (Å²) in [6, 6.07) is 10.7. The first-order valence-corrected chi connectivity index (χ1v) is 4.90. The molecule has 88 valence electrons. The number of Topliss-reactive ketones (excluding diaryl/α,β-unsaturated/α-hetero) is 1. The first-order chi connectivity index (χ1) is 7.75. The average molecular weight is 294 g/mol. The van der Waals surface area contributed by atoms with Crippen LogP contribution in [0.2, 0.25) is 0 Å². The minimum Gasteiger partial charge on any atom is -0.331 e. The second-order valence-corrected chi connectivity index (χ2v) is 3.41. The summed E-state index contributed by atoms with van der Waals surface area (Å²) >= 11 is 0. The Labute approximate surface area is 109 Å². The van der Waals surface area contributed by atoms with Crippen molar-refractivity contribution in [1.82, 2.24) is 9.55 Å². The van der Waals surface area contributed by atoms with E-state index in [0.29, 0.717) is 5.56 Å². The number of benzene rings is 1. The van der Waals surface area contributed by atoms with Crippen molar-refractivity contribution in [2.24, 2.45) is 0 Å². The largest absolute Gasteiger partial charge is 0.331 e. The lowest BCUT2D eigenvalue weighted by molar-refractivity contribution is 0.0971. The summed E-state index contributed by atoms with van der Waals surface area (Å²) in [7, 11) is 0. The number of rotatable bonds is 3. The van der Waals surface area contributed by atoms with Crippen LogP contribution in [0.25, 0.3) is 0 Å². The molecule has 2 aromatic rings. The lowest BCUT2D eigenvalue weighted by Gasteiger charge is -2.04. The molecule has 0 amide bonds. The smallest absolute Gasteiger partial charge is 0.182 e. The van der Waals surface area contributed by atoms with Gasteiger partial charge >= 0.3 is 0 Å². The SMILES string of the molecule is Br.N=c1ccn(CC(=O)c2ccccc2)cn1. The van der Waals surface area contributed by atoms with Gasteiger partial charge in [-0.05, 0) is 6.07 Å². The number of halogens is 1. The summed E-state index contributed by atoms with van der Waals surface area (Å²) in [5, 5.41) is 7.23. The van der Waals surface area contributed by atoms with Crippen molar-refractivity contribution >= 4 is 22.8 Å². The molecule has 0 saturated carbocycles. The predicted octanol–water partition coefficient (Wildman–Crippen LogP) is 1.82. The molecule has 1 aromatic carbocycles. The van der Waals surface area contributed by atoms with E-state index in [1.807, 2.05) is 18.2 Å². The van der Waals surface area contributed by atoms with Crippen molar-refractivity contribution in [3.05, 3.63) is 60.0 Å². The van der Waals surface area contributed by atoms with Crippen molar-refractivity contribution in [3.63, 3.8) is 0 Å². The third-order valence-corrected chi connectivity index (χ3v) is 2.19. The van der Waals surface area contributed by atoms with E-state index in [-0.39, 0.29) is 34.8 Å². The zero-order chi connectivity index (χ0) is 11.4. The number of carbonyl (C=O) groups is 1. The van der Waals surface area contributed by atoms with E-state index in [1.165, 1.54) is 6.33 Å². The van der Waals surface area contributed by atoms with Crippen molar-refractivity contribution in [3.8, 4) is 0 Å². The van der Waals surface area contributed by atoms with Gasteiger partial charge in [-0.3, -0.25) is 10.2 Å². The van der Waals surface area contributed by atoms with Gasteiger partial charge in [0.1, 0.15) is 5.49 Å². The molecule has 0 aliphatic heterocycles. The summed E-state index contributed by atoms with van der Waals surface area (Å²) in [4.78, 5) is 15.6. The number of carbonyl (C=O) groups excluding carboxylic acids is 1. The van der Waals surface area contributed by atoms with Gasteiger partial charge in [0.2, 0.25) is 0 Å². The van der Waals surface area contributed by atoms with Crippen LogP contribution in [0.15, 0.2) is 48.9 Å². The minimum absolute atomic E-state index is 0. The minimum atomic E-state index is 0. The fourth-order valence-corrected chi connectivity index (χ4v) is 1.36. The molecule has 1 heterocycles. The van der Waals surface area contributed by atoms with Gasteiger partial charge in [0.25, 0.3) is 0 Å². The lowest BCUT2D eigenvalue weighted by Crippen LogP contribution is -2.14. The fraction of sp³-hybridized carbons (Fsp3) is 0.0833. The van der Waals surface area contributed by atoms with Gasteiger partial charge < -0.3 is 4.57 Å². The quantitative estimate of drug-likeness (QED) is 0.878. The van der Waals surface area contributed by atoms with Gasteiger partial charge in [0.15, 0.2) is 5.78 Å². The van der Waals surface area contributed by atoms with Crippen molar-refractivity contribution < 1.29 is 4.79 Å². The van der Waals surface area contributed by atoms with Crippen LogP contribution in [0.5, 0.6) is 0 Å². The number of hydrogen-bond donors (Lipinski definition) is 1. The highest BCUT2D eigenvalue weighted by Crippen LogP contribution is 2.01. The summed E-state index contributed by atoms with van der Waals surface area (Å²) < 4.78 is 1.66. The summed E-state index contributed by atoms with van der Waals surface area (Å²) in [6.07, 6.45) is 3.17. The molecule has 2 rings (SSSR count). The van der Waals surface area contributed by atoms with E-state index >= 15 is 0 Å². The van der Waals surface area contributed by atoms with Crippen LogP contribution in [-0.4, -0.2) is 15.3 Å². The van der Waals surface area contributed by atoms with Gasteiger partial charge in [0, 0.05) is 11.8 Å². The molecule has 4 nitrogen and oxygen atoms in total. The van der Waals surface area contributed by atoms with Crippen LogP contribution in [0, 0.1) is 5.41 Å². The maximum Gasteiger partial charge on any atom is 0.182 e. The van der Waals surface area contributed by atoms with Crippen molar-refractivity contribution in [1.29, 1.82) is 5.41 Å². The highest BCUT2D eigenvalue weighted by Gasteiger charge is 2.04. The number of hydrogen-bond acceptors (Lipinski definition) is 3. The summed E-state index contributed by atoms with van der Waals surface area (Å²) in [5.74, 6) is 0.0325. The predicted molar refractivity (Wildman–Crippen MR) is 69.2 cm³/mol. The maximum atomic E-state index is 11.8. The van der Waals surface area contributed by atoms with Crippen LogP contribution < -0.4 is 5.49 Å². The van der Waals surface area contributed by atoms with Gasteiger partial charge in [-0.1, -0.05) is 30.3 Å². The van der Waals surface area contributed by atoms with Crippen molar-refractivity contribution in [2.75, 3.05) is 0 Å². The Morgan fingerprint density at radius 2 is 1.94 bits per heavy atom. The van der Waals surface area contributed by atoms with E-state index in [1.54, 1.807) is 29.0 Å². The highest BCUT2D eigenvalue weighted by molar-refractivity contribution is 8.93. The van der Waals surface area contributed by atoms with Crippen LogP contribution in [0.3, 0.4) is 0 Å². The average Bonchev–Trinajstić information content (AvgIpc) is 2.33. The zero-order valence-electron chi connectivity index (χ0n) is 9.04. The Morgan fingerprint density at radius 1 is 1.24 bits per heavy atom. The molecule has 0 atom stereocenters. The molecule has 17 heavy (non-hydrogen) atoms. The van der Waals surface area contributed by atoms with E-state index in [2.05, 4.69) is 4.98 Å². The first-order valence-electron chi connectivity index (χ1n) is 4.90. The van der Waals surface area contributed by atoms with Crippen LogP contribution in [0.1, 0.15) is 10.4 Å². The van der Waals surface area contributed by atoms with Crippen LogP contribution in [-0.2, 0) is 6.54 Å². The van der Waals surface area contributed by atoms with Gasteiger partial charge in [-0.15, -0.1) is 17.0 Å². The molecule has 1 N–H and O–H groups in total. The molecule has 0 unspecified atom stereocenters. The van der Waals surface area contributed by atoms with Crippen molar-refractivity contribution in [2.45, 2.75) is 6.54 Å². The van der Waals surface area contributed by atoms with E-state index in [0.717, 1.165) is 0 Å². The molecule has 0 bridgehead atoms. The van der Waals surface area contributed by atoms with E-state index in [4.69, 9.17) is 5.41 Å². The molecule has 0 fully saturated rings. The van der Waals surface area contributed by atoms with Gasteiger partial charge in [-0.2, -0.15) is 0 Å². The molecule has 0 aliphatic carbocycles. The molecular formula is C12H12BrN3O. The Hall–Kier alpha value is -1.75.